The first-order valence-electron chi connectivity index (χ1n) is 6.86. The first-order valence-corrected chi connectivity index (χ1v) is 6.86. The summed E-state index contributed by atoms with van der Waals surface area (Å²) in [6, 6.07) is 5.52. The third-order valence-electron chi connectivity index (χ3n) is 3.12. The molecule has 0 aliphatic heterocycles. The Labute approximate surface area is 121 Å². The van der Waals surface area contributed by atoms with E-state index in [4.69, 9.17) is 4.74 Å². The Morgan fingerprint density at radius 1 is 1.40 bits per heavy atom. The summed E-state index contributed by atoms with van der Waals surface area (Å²) >= 11 is 0. The van der Waals surface area contributed by atoms with Crippen LogP contribution in [0.3, 0.4) is 0 Å². The fourth-order valence-corrected chi connectivity index (χ4v) is 1.84. The number of aromatic nitrogens is 1. The summed E-state index contributed by atoms with van der Waals surface area (Å²) in [6.07, 6.45) is 2.50. The maximum absolute atomic E-state index is 11.9. The van der Waals surface area contributed by atoms with Gasteiger partial charge in [-0.3, -0.25) is 4.98 Å². The van der Waals surface area contributed by atoms with Gasteiger partial charge in [0.2, 0.25) is 0 Å². The van der Waals surface area contributed by atoms with Crippen molar-refractivity contribution in [2.24, 2.45) is 5.41 Å². The van der Waals surface area contributed by atoms with E-state index < -0.39 is 0 Å². The zero-order valence-corrected chi connectivity index (χ0v) is 12.8. The molecular weight excluding hydrogens is 254 g/mol. The number of ether oxygens (including phenoxy) is 1. The Kier molecular flexibility index (Phi) is 6.45. The predicted octanol–water partition coefficient (Wildman–Crippen LogP) is 2.33. The molecule has 0 bridgehead atoms. The van der Waals surface area contributed by atoms with Gasteiger partial charge in [-0.1, -0.05) is 26.8 Å². The Morgan fingerprint density at radius 3 is 2.70 bits per heavy atom. The third-order valence-corrected chi connectivity index (χ3v) is 3.12. The lowest BCUT2D eigenvalue weighted by Gasteiger charge is -2.31. The lowest BCUT2D eigenvalue weighted by molar-refractivity contribution is 0.153. The van der Waals surface area contributed by atoms with E-state index in [9.17, 15) is 4.79 Å². The number of carbonyl (C=O) groups excluding carboxylic acids is 1. The molecule has 0 aromatic carbocycles. The Bertz CT molecular complexity index is 401. The second-order valence-electron chi connectivity index (χ2n) is 5.85. The summed E-state index contributed by atoms with van der Waals surface area (Å²) in [5, 5.41) is 5.83. The Balaban J connectivity index is 2.45. The molecule has 0 saturated heterocycles. The van der Waals surface area contributed by atoms with E-state index >= 15 is 0 Å². The fourth-order valence-electron chi connectivity index (χ4n) is 1.84. The van der Waals surface area contributed by atoms with Crippen LogP contribution >= 0.6 is 0 Å². The Morgan fingerprint density at radius 2 is 2.15 bits per heavy atom. The van der Waals surface area contributed by atoms with Gasteiger partial charge in [-0.25, -0.2) is 4.79 Å². The molecule has 20 heavy (non-hydrogen) atoms. The van der Waals surface area contributed by atoms with Crippen molar-refractivity contribution in [3.63, 3.8) is 0 Å². The summed E-state index contributed by atoms with van der Waals surface area (Å²) in [4.78, 5) is 16.1. The zero-order chi connectivity index (χ0) is 15.0. The van der Waals surface area contributed by atoms with Crippen molar-refractivity contribution < 1.29 is 9.53 Å². The van der Waals surface area contributed by atoms with Gasteiger partial charge in [0, 0.05) is 26.0 Å². The van der Waals surface area contributed by atoms with Crippen LogP contribution in [0.25, 0.3) is 0 Å². The van der Waals surface area contributed by atoms with Crippen LogP contribution in [0, 0.1) is 5.41 Å². The molecule has 1 aromatic heterocycles. The largest absolute Gasteiger partial charge is 0.385 e. The van der Waals surface area contributed by atoms with Crippen LogP contribution in [0.5, 0.6) is 0 Å². The highest BCUT2D eigenvalue weighted by molar-refractivity contribution is 5.74. The highest BCUT2D eigenvalue weighted by atomic mass is 16.5. The van der Waals surface area contributed by atoms with Crippen molar-refractivity contribution in [3.05, 3.63) is 30.1 Å². The minimum Gasteiger partial charge on any atom is -0.385 e. The smallest absolute Gasteiger partial charge is 0.315 e. The second kappa shape index (κ2) is 7.85. The molecule has 5 nitrogen and oxygen atoms in total. The van der Waals surface area contributed by atoms with Gasteiger partial charge >= 0.3 is 6.03 Å². The van der Waals surface area contributed by atoms with E-state index in [1.165, 1.54) is 0 Å². The maximum Gasteiger partial charge on any atom is 0.315 e. The highest BCUT2D eigenvalue weighted by Gasteiger charge is 2.25. The number of nitrogens with zero attached hydrogens (tertiary/aromatic N) is 1. The van der Waals surface area contributed by atoms with E-state index in [0.717, 1.165) is 12.1 Å². The van der Waals surface area contributed by atoms with Gasteiger partial charge in [-0.2, -0.15) is 0 Å². The number of rotatable bonds is 6. The molecule has 0 unspecified atom stereocenters. The SMILES string of the molecule is COCC[C@@H](NC(=O)NCc1ccccn1)C(C)(C)C. The van der Waals surface area contributed by atoms with Crippen LogP contribution in [-0.2, 0) is 11.3 Å². The molecule has 0 aliphatic carbocycles. The van der Waals surface area contributed by atoms with Crippen molar-refractivity contribution in [2.45, 2.75) is 39.8 Å². The van der Waals surface area contributed by atoms with Crippen LogP contribution in [0.2, 0.25) is 0 Å². The molecule has 112 valence electrons. The standard InChI is InChI=1S/C15H25N3O2/c1-15(2,3)13(8-10-20-4)18-14(19)17-11-12-7-5-6-9-16-12/h5-7,9,13H,8,10-11H2,1-4H3,(H2,17,18,19)/t13-/m1/s1. The first-order chi connectivity index (χ1) is 9.43. The van der Waals surface area contributed by atoms with Crippen LogP contribution in [0.1, 0.15) is 32.9 Å². The van der Waals surface area contributed by atoms with E-state index in [0.29, 0.717) is 13.2 Å². The number of urea groups is 1. The first kappa shape index (κ1) is 16.4. The molecule has 1 aromatic rings. The molecule has 0 spiro atoms. The summed E-state index contributed by atoms with van der Waals surface area (Å²) in [7, 11) is 1.67. The molecule has 0 fully saturated rings. The third kappa shape index (κ3) is 6.02. The molecule has 0 aliphatic rings. The van der Waals surface area contributed by atoms with E-state index in [-0.39, 0.29) is 17.5 Å². The van der Waals surface area contributed by atoms with Gasteiger partial charge in [0.15, 0.2) is 0 Å². The Hall–Kier alpha value is -1.62. The van der Waals surface area contributed by atoms with Gasteiger partial charge < -0.3 is 15.4 Å². The molecule has 2 N–H and O–H groups in total. The average Bonchev–Trinajstić information content (AvgIpc) is 2.41. The van der Waals surface area contributed by atoms with Crippen molar-refractivity contribution in [3.8, 4) is 0 Å². The minimum absolute atomic E-state index is 0.0130. The zero-order valence-electron chi connectivity index (χ0n) is 12.8. The van der Waals surface area contributed by atoms with Gasteiger partial charge in [0.1, 0.15) is 0 Å². The van der Waals surface area contributed by atoms with Crippen LogP contribution in [0.4, 0.5) is 4.79 Å². The normalized spacial score (nSPS) is 12.8. The number of nitrogens with one attached hydrogen (secondary N) is 2. The van der Waals surface area contributed by atoms with Gasteiger partial charge in [-0.15, -0.1) is 0 Å². The molecule has 0 saturated carbocycles. The van der Waals surface area contributed by atoms with Gasteiger partial charge in [0.25, 0.3) is 0 Å². The fraction of sp³-hybridized carbons (Fsp3) is 0.600. The second-order valence-corrected chi connectivity index (χ2v) is 5.85. The summed E-state index contributed by atoms with van der Waals surface area (Å²) in [6.45, 7) is 7.36. The van der Waals surface area contributed by atoms with Crippen molar-refractivity contribution >= 4 is 6.03 Å². The maximum atomic E-state index is 11.9. The van der Waals surface area contributed by atoms with Crippen molar-refractivity contribution in [2.75, 3.05) is 13.7 Å². The van der Waals surface area contributed by atoms with Gasteiger partial charge in [0.05, 0.1) is 12.2 Å². The number of methoxy groups -OCH3 is 1. The number of amides is 2. The van der Waals surface area contributed by atoms with Crippen molar-refractivity contribution in [1.82, 2.24) is 15.6 Å². The monoisotopic (exact) mass is 279 g/mol. The number of hydrogen-bond acceptors (Lipinski definition) is 3. The molecule has 2 amide bonds. The van der Waals surface area contributed by atoms with Crippen molar-refractivity contribution in [1.29, 1.82) is 0 Å². The summed E-state index contributed by atoms with van der Waals surface area (Å²) < 4.78 is 5.10. The van der Waals surface area contributed by atoms with Crippen LogP contribution < -0.4 is 10.6 Å². The summed E-state index contributed by atoms with van der Waals surface area (Å²) in [5.74, 6) is 0. The van der Waals surface area contributed by atoms with E-state index in [1.807, 2.05) is 18.2 Å². The van der Waals surface area contributed by atoms with Crippen LogP contribution in [-0.4, -0.2) is 30.8 Å². The quantitative estimate of drug-likeness (QED) is 0.840. The molecule has 1 atom stereocenters. The number of hydrogen-bond donors (Lipinski definition) is 2. The molecule has 1 rings (SSSR count). The van der Waals surface area contributed by atoms with Crippen LogP contribution in [0.15, 0.2) is 24.4 Å². The molecule has 1 heterocycles. The van der Waals surface area contributed by atoms with Gasteiger partial charge in [-0.05, 0) is 24.0 Å². The number of carbonyl (C=O) groups is 1. The average molecular weight is 279 g/mol. The molecule has 5 heteroatoms. The lowest BCUT2D eigenvalue weighted by atomic mass is 9.85. The number of pyridine rings is 1. The van der Waals surface area contributed by atoms with E-state index in [1.54, 1.807) is 13.3 Å². The predicted molar refractivity (Wildman–Crippen MR) is 79.3 cm³/mol. The highest BCUT2D eigenvalue weighted by Crippen LogP contribution is 2.21. The molecular formula is C15H25N3O2. The summed E-state index contributed by atoms with van der Waals surface area (Å²) in [5.41, 5.74) is 0.827. The lowest BCUT2D eigenvalue weighted by Crippen LogP contribution is -2.48. The minimum atomic E-state index is -0.174. The molecule has 0 radical (unpaired) electrons. The topological polar surface area (TPSA) is 63.2 Å². The van der Waals surface area contributed by atoms with E-state index in [2.05, 4.69) is 36.4 Å².